The molecule has 0 unspecified atom stereocenters. The number of pyridine rings is 1. The second-order valence-corrected chi connectivity index (χ2v) is 6.78. The van der Waals surface area contributed by atoms with E-state index in [4.69, 9.17) is 5.26 Å². The number of sulfonamides is 1. The Morgan fingerprint density at radius 3 is 2.48 bits per heavy atom. The summed E-state index contributed by atoms with van der Waals surface area (Å²) in [5.41, 5.74) is -0.942. The standard InChI is InChI=1S/C13H15N5O2S/c1-18-6-4-13(10-15,5-7-18)17-21(19,20)12-3-2-11(8-14)16-9-12/h2-3,9,17H,4-7H2,1H3. The summed E-state index contributed by atoms with van der Waals surface area (Å²) in [7, 11) is -1.90. The lowest BCUT2D eigenvalue weighted by Gasteiger charge is -2.35. The van der Waals surface area contributed by atoms with E-state index in [1.165, 1.54) is 12.1 Å². The van der Waals surface area contributed by atoms with Gasteiger partial charge in [0.1, 0.15) is 22.2 Å². The van der Waals surface area contributed by atoms with Crippen LogP contribution in [0.15, 0.2) is 23.2 Å². The van der Waals surface area contributed by atoms with Crippen molar-refractivity contribution >= 4 is 10.0 Å². The zero-order chi connectivity index (χ0) is 15.5. The van der Waals surface area contributed by atoms with Crippen LogP contribution in [0.2, 0.25) is 0 Å². The van der Waals surface area contributed by atoms with Crippen LogP contribution in [0.25, 0.3) is 0 Å². The normalized spacial score (nSPS) is 18.6. The van der Waals surface area contributed by atoms with E-state index in [2.05, 4.69) is 15.8 Å². The van der Waals surface area contributed by atoms with Crippen molar-refractivity contribution in [1.29, 1.82) is 10.5 Å². The van der Waals surface area contributed by atoms with Gasteiger partial charge in [-0.25, -0.2) is 13.4 Å². The molecule has 1 aromatic heterocycles. The summed E-state index contributed by atoms with van der Waals surface area (Å²) < 4.78 is 27.2. The molecule has 0 saturated carbocycles. The Kier molecular flexibility index (Phi) is 4.24. The van der Waals surface area contributed by atoms with Crippen LogP contribution in [0.1, 0.15) is 18.5 Å². The maximum absolute atomic E-state index is 12.3. The van der Waals surface area contributed by atoms with E-state index in [1.54, 1.807) is 0 Å². The predicted molar refractivity (Wildman–Crippen MR) is 74.3 cm³/mol. The molecule has 0 amide bonds. The van der Waals surface area contributed by atoms with Gasteiger partial charge >= 0.3 is 0 Å². The lowest BCUT2D eigenvalue weighted by Crippen LogP contribution is -2.53. The highest BCUT2D eigenvalue weighted by atomic mass is 32.2. The van der Waals surface area contributed by atoms with E-state index in [0.717, 1.165) is 6.20 Å². The third-order valence-electron chi connectivity index (χ3n) is 3.55. The first-order valence-corrected chi connectivity index (χ1v) is 7.89. The summed E-state index contributed by atoms with van der Waals surface area (Å²) in [6, 6.07) is 6.57. The topological polar surface area (TPSA) is 110 Å². The third-order valence-corrected chi connectivity index (χ3v) is 5.07. The zero-order valence-electron chi connectivity index (χ0n) is 11.6. The van der Waals surface area contributed by atoms with Crippen molar-refractivity contribution in [2.75, 3.05) is 20.1 Å². The first kappa shape index (κ1) is 15.4. The second-order valence-electron chi connectivity index (χ2n) is 5.09. The highest BCUT2D eigenvalue weighted by molar-refractivity contribution is 7.89. The van der Waals surface area contributed by atoms with E-state index in [0.29, 0.717) is 25.9 Å². The summed E-state index contributed by atoms with van der Waals surface area (Å²) in [5.74, 6) is 0. The summed E-state index contributed by atoms with van der Waals surface area (Å²) in [5, 5.41) is 18.0. The van der Waals surface area contributed by atoms with E-state index < -0.39 is 15.6 Å². The molecule has 1 aliphatic heterocycles. The third kappa shape index (κ3) is 3.37. The van der Waals surface area contributed by atoms with Crippen molar-refractivity contribution in [2.24, 2.45) is 0 Å². The Hall–Kier alpha value is -2.00. The Morgan fingerprint density at radius 2 is 2.00 bits per heavy atom. The lowest BCUT2D eigenvalue weighted by molar-refractivity contribution is 0.213. The fourth-order valence-corrected chi connectivity index (χ4v) is 3.48. The molecular weight excluding hydrogens is 290 g/mol. The Morgan fingerprint density at radius 1 is 1.33 bits per heavy atom. The number of piperidine rings is 1. The SMILES string of the molecule is CN1CCC(C#N)(NS(=O)(=O)c2ccc(C#N)nc2)CC1. The van der Waals surface area contributed by atoms with Gasteiger partial charge in [0.05, 0.1) is 6.07 Å². The molecule has 0 spiro atoms. The van der Waals surface area contributed by atoms with Crippen molar-refractivity contribution in [3.8, 4) is 12.1 Å². The maximum Gasteiger partial charge on any atom is 0.243 e. The minimum atomic E-state index is -3.84. The monoisotopic (exact) mass is 305 g/mol. The molecule has 2 rings (SSSR count). The highest BCUT2D eigenvalue weighted by Gasteiger charge is 2.38. The van der Waals surface area contributed by atoms with Crippen molar-refractivity contribution in [3.63, 3.8) is 0 Å². The van der Waals surface area contributed by atoms with Gasteiger partial charge in [0, 0.05) is 19.3 Å². The molecule has 1 fully saturated rings. The minimum Gasteiger partial charge on any atom is -0.306 e. The van der Waals surface area contributed by atoms with Crippen molar-refractivity contribution < 1.29 is 8.42 Å². The number of nitrogens with zero attached hydrogens (tertiary/aromatic N) is 4. The molecular formula is C13H15N5O2S. The van der Waals surface area contributed by atoms with Crippen LogP contribution >= 0.6 is 0 Å². The van der Waals surface area contributed by atoms with E-state index in [1.807, 2.05) is 18.0 Å². The number of hydrogen-bond acceptors (Lipinski definition) is 6. The molecule has 1 N–H and O–H groups in total. The van der Waals surface area contributed by atoms with Crippen LogP contribution in [0.3, 0.4) is 0 Å². The van der Waals surface area contributed by atoms with Crippen molar-refractivity contribution in [1.82, 2.24) is 14.6 Å². The van der Waals surface area contributed by atoms with Gasteiger partial charge < -0.3 is 4.90 Å². The van der Waals surface area contributed by atoms with Gasteiger partial charge in [0.25, 0.3) is 0 Å². The summed E-state index contributed by atoms with van der Waals surface area (Å²) in [6.07, 6.45) is 1.99. The van der Waals surface area contributed by atoms with Gasteiger partial charge in [0.15, 0.2) is 0 Å². The Bertz CT molecular complexity index is 692. The average Bonchev–Trinajstić information content (AvgIpc) is 2.50. The molecule has 7 nitrogen and oxygen atoms in total. The molecule has 0 atom stereocenters. The quantitative estimate of drug-likeness (QED) is 0.855. The molecule has 110 valence electrons. The lowest BCUT2D eigenvalue weighted by atomic mass is 9.91. The number of hydrogen-bond donors (Lipinski definition) is 1. The van der Waals surface area contributed by atoms with Gasteiger partial charge in [0.2, 0.25) is 10.0 Å². The predicted octanol–water partition coefficient (Wildman–Crippen LogP) is 0.220. The number of nitrogens with one attached hydrogen (secondary N) is 1. The number of likely N-dealkylation sites (tertiary alicyclic amines) is 1. The minimum absolute atomic E-state index is 0.0462. The molecule has 2 heterocycles. The van der Waals surface area contributed by atoms with Gasteiger partial charge in [-0.3, -0.25) is 0 Å². The highest BCUT2D eigenvalue weighted by Crippen LogP contribution is 2.23. The summed E-state index contributed by atoms with van der Waals surface area (Å²) >= 11 is 0. The maximum atomic E-state index is 12.3. The van der Waals surface area contributed by atoms with Crippen LogP contribution in [-0.4, -0.2) is 44.0 Å². The van der Waals surface area contributed by atoms with E-state index >= 15 is 0 Å². The Balaban J connectivity index is 2.23. The van der Waals surface area contributed by atoms with Crippen molar-refractivity contribution in [3.05, 3.63) is 24.0 Å². The largest absolute Gasteiger partial charge is 0.306 e. The molecule has 1 aliphatic rings. The van der Waals surface area contributed by atoms with E-state index in [9.17, 15) is 13.7 Å². The van der Waals surface area contributed by atoms with E-state index in [-0.39, 0.29) is 10.6 Å². The zero-order valence-corrected chi connectivity index (χ0v) is 12.4. The Labute approximate surface area is 123 Å². The van der Waals surface area contributed by atoms with Crippen LogP contribution in [-0.2, 0) is 10.0 Å². The van der Waals surface area contributed by atoms with Crippen LogP contribution in [0.4, 0.5) is 0 Å². The average molecular weight is 305 g/mol. The number of nitriles is 2. The number of rotatable bonds is 3. The molecule has 8 heteroatoms. The second kappa shape index (κ2) is 5.78. The smallest absolute Gasteiger partial charge is 0.243 e. The van der Waals surface area contributed by atoms with Gasteiger partial charge in [-0.1, -0.05) is 0 Å². The first-order chi connectivity index (χ1) is 9.91. The summed E-state index contributed by atoms with van der Waals surface area (Å²) in [4.78, 5) is 5.75. The number of aromatic nitrogens is 1. The van der Waals surface area contributed by atoms with Crippen LogP contribution in [0.5, 0.6) is 0 Å². The summed E-state index contributed by atoms with van der Waals surface area (Å²) in [6.45, 7) is 1.31. The van der Waals surface area contributed by atoms with Crippen LogP contribution in [0, 0.1) is 22.7 Å². The van der Waals surface area contributed by atoms with Gasteiger partial charge in [-0.05, 0) is 32.0 Å². The van der Waals surface area contributed by atoms with Gasteiger partial charge in [-0.15, -0.1) is 0 Å². The molecule has 1 saturated heterocycles. The first-order valence-electron chi connectivity index (χ1n) is 6.41. The molecule has 0 radical (unpaired) electrons. The fourth-order valence-electron chi connectivity index (χ4n) is 2.16. The fraction of sp³-hybridized carbons (Fsp3) is 0.462. The van der Waals surface area contributed by atoms with Gasteiger partial charge in [-0.2, -0.15) is 15.2 Å². The molecule has 1 aromatic rings. The van der Waals surface area contributed by atoms with Crippen LogP contribution < -0.4 is 4.72 Å². The molecule has 21 heavy (non-hydrogen) atoms. The molecule has 0 aliphatic carbocycles. The molecule has 0 aromatic carbocycles. The van der Waals surface area contributed by atoms with Crippen molar-refractivity contribution in [2.45, 2.75) is 23.3 Å². The molecule has 0 bridgehead atoms.